The molecule has 1 aliphatic carbocycles. The Balaban J connectivity index is 1.67. The predicted octanol–water partition coefficient (Wildman–Crippen LogP) is 3.96. The first-order valence-electron chi connectivity index (χ1n) is 8.69. The van der Waals surface area contributed by atoms with Gasteiger partial charge in [-0.2, -0.15) is 0 Å². The summed E-state index contributed by atoms with van der Waals surface area (Å²) >= 11 is 0. The van der Waals surface area contributed by atoms with E-state index in [1.54, 1.807) is 0 Å². The maximum Gasteiger partial charge on any atom is 0.166 e. The summed E-state index contributed by atoms with van der Waals surface area (Å²) in [6.45, 7) is 3.40. The molecule has 0 amide bonds. The molecule has 1 aliphatic heterocycles. The summed E-state index contributed by atoms with van der Waals surface area (Å²) in [6.07, 6.45) is 7.45. The van der Waals surface area contributed by atoms with Gasteiger partial charge < -0.3 is 14.6 Å². The number of ether oxygens (including phenoxy) is 2. The SMILES string of the molecule is CC1(CC(CO)c2ccc(C3CCCCC3)cc2)OCCO1. The maximum absolute atomic E-state index is 9.76. The summed E-state index contributed by atoms with van der Waals surface area (Å²) in [5.74, 6) is 0.257. The van der Waals surface area contributed by atoms with E-state index in [1.807, 2.05) is 6.92 Å². The molecule has 1 N–H and O–H groups in total. The fourth-order valence-electron chi connectivity index (χ4n) is 3.89. The van der Waals surface area contributed by atoms with Crippen LogP contribution in [0.15, 0.2) is 24.3 Å². The molecule has 1 heterocycles. The summed E-state index contributed by atoms with van der Waals surface area (Å²) in [7, 11) is 0. The molecular weight excluding hydrogens is 276 g/mol. The van der Waals surface area contributed by atoms with Crippen molar-refractivity contribution in [3.8, 4) is 0 Å². The molecule has 0 spiro atoms. The van der Waals surface area contributed by atoms with Crippen molar-refractivity contribution in [2.75, 3.05) is 19.8 Å². The summed E-state index contributed by atoms with van der Waals surface area (Å²) < 4.78 is 11.4. The Hall–Kier alpha value is -0.900. The molecule has 2 fully saturated rings. The summed E-state index contributed by atoms with van der Waals surface area (Å²) in [6, 6.07) is 8.88. The van der Waals surface area contributed by atoms with Crippen molar-refractivity contribution >= 4 is 0 Å². The molecule has 3 nitrogen and oxygen atoms in total. The monoisotopic (exact) mass is 304 g/mol. The maximum atomic E-state index is 9.76. The molecule has 3 heteroatoms. The second-order valence-electron chi connectivity index (χ2n) is 6.92. The normalized spacial score (nSPS) is 23.5. The van der Waals surface area contributed by atoms with Gasteiger partial charge in [0.25, 0.3) is 0 Å². The Kier molecular flexibility index (Phi) is 5.17. The molecule has 122 valence electrons. The largest absolute Gasteiger partial charge is 0.396 e. The average Bonchev–Trinajstić information content (AvgIpc) is 3.00. The van der Waals surface area contributed by atoms with Crippen LogP contribution in [0.4, 0.5) is 0 Å². The van der Waals surface area contributed by atoms with Gasteiger partial charge in [-0.05, 0) is 36.8 Å². The Bertz CT molecular complexity index is 456. The van der Waals surface area contributed by atoms with Gasteiger partial charge in [-0.25, -0.2) is 0 Å². The van der Waals surface area contributed by atoms with E-state index >= 15 is 0 Å². The minimum Gasteiger partial charge on any atom is -0.396 e. The van der Waals surface area contributed by atoms with Crippen LogP contribution in [0.25, 0.3) is 0 Å². The molecule has 0 aromatic heterocycles. The van der Waals surface area contributed by atoms with E-state index in [1.165, 1.54) is 43.2 Å². The highest BCUT2D eigenvalue weighted by molar-refractivity contribution is 5.28. The van der Waals surface area contributed by atoms with Crippen LogP contribution in [0.5, 0.6) is 0 Å². The lowest BCUT2D eigenvalue weighted by Gasteiger charge is -2.27. The van der Waals surface area contributed by atoms with Gasteiger partial charge >= 0.3 is 0 Å². The van der Waals surface area contributed by atoms with Crippen molar-refractivity contribution in [2.24, 2.45) is 0 Å². The predicted molar refractivity (Wildman–Crippen MR) is 87.0 cm³/mol. The van der Waals surface area contributed by atoms with Crippen molar-refractivity contribution in [2.45, 2.75) is 63.1 Å². The Labute approximate surface area is 133 Å². The average molecular weight is 304 g/mol. The Morgan fingerprint density at radius 2 is 1.73 bits per heavy atom. The second-order valence-corrected chi connectivity index (χ2v) is 6.92. The molecule has 1 saturated heterocycles. The third-order valence-corrected chi connectivity index (χ3v) is 5.22. The van der Waals surface area contributed by atoms with Gasteiger partial charge in [-0.3, -0.25) is 0 Å². The fraction of sp³-hybridized carbons (Fsp3) is 0.684. The zero-order chi connectivity index (χ0) is 15.4. The number of aliphatic hydroxyl groups excluding tert-OH is 1. The lowest BCUT2D eigenvalue weighted by atomic mass is 9.83. The van der Waals surface area contributed by atoms with Gasteiger partial charge in [-0.1, -0.05) is 43.5 Å². The topological polar surface area (TPSA) is 38.7 Å². The highest BCUT2D eigenvalue weighted by Gasteiger charge is 2.34. The number of benzene rings is 1. The smallest absolute Gasteiger partial charge is 0.166 e. The van der Waals surface area contributed by atoms with Gasteiger partial charge in [0, 0.05) is 12.3 Å². The zero-order valence-electron chi connectivity index (χ0n) is 13.6. The third-order valence-electron chi connectivity index (χ3n) is 5.22. The van der Waals surface area contributed by atoms with Crippen LogP contribution in [0.2, 0.25) is 0 Å². The quantitative estimate of drug-likeness (QED) is 0.895. The summed E-state index contributed by atoms with van der Waals surface area (Å²) in [4.78, 5) is 0. The van der Waals surface area contributed by atoms with E-state index in [-0.39, 0.29) is 12.5 Å². The van der Waals surface area contributed by atoms with Gasteiger partial charge in [-0.15, -0.1) is 0 Å². The molecule has 1 aromatic carbocycles. The molecule has 1 aromatic rings. The van der Waals surface area contributed by atoms with Crippen LogP contribution in [0.3, 0.4) is 0 Å². The number of rotatable bonds is 5. The first kappa shape index (κ1) is 16.0. The minimum atomic E-state index is -0.546. The Morgan fingerprint density at radius 1 is 1.09 bits per heavy atom. The summed E-state index contributed by atoms with van der Waals surface area (Å²) in [5.41, 5.74) is 2.64. The van der Waals surface area contributed by atoms with Crippen LogP contribution in [-0.2, 0) is 9.47 Å². The van der Waals surface area contributed by atoms with Crippen molar-refractivity contribution < 1.29 is 14.6 Å². The number of hydrogen-bond donors (Lipinski definition) is 1. The molecular formula is C19H28O3. The third kappa shape index (κ3) is 3.70. The Morgan fingerprint density at radius 3 is 2.32 bits per heavy atom. The first-order valence-corrected chi connectivity index (χ1v) is 8.69. The summed E-state index contributed by atoms with van der Waals surface area (Å²) in [5, 5.41) is 9.76. The first-order chi connectivity index (χ1) is 10.7. The molecule has 22 heavy (non-hydrogen) atoms. The molecule has 0 radical (unpaired) electrons. The number of hydrogen-bond acceptors (Lipinski definition) is 3. The lowest BCUT2D eigenvalue weighted by molar-refractivity contribution is -0.151. The fourth-order valence-corrected chi connectivity index (χ4v) is 3.89. The van der Waals surface area contributed by atoms with Crippen molar-refractivity contribution in [3.63, 3.8) is 0 Å². The molecule has 2 aliphatic rings. The van der Waals surface area contributed by atoms with E-state index in [0.717, 1.165) is 5.92 Å². The molecule has 3 rings (SSSR count). The van der Waals surface area contributed by atoms with Crippen molar-refractivity contribution in [1.82, 2.24) is 0 Å². The van der Waals surface area contributed by atoms with Crippen LogP contribution in [0, 0.1) is 0 Å². The standard InChI is InChI=1S/C19H28O3/c1-19(21-11-12-22-19)13-18(14-20)17-9-7-16(8-10-17)15-5-3-2-4-6-15/h7-10,15,18,20H,2-6,11-14H2,1H3. The van der Waals surface area contributed by atoms with E-state index in [0.29, 0.717) is 19.6 Å². The lowest BCUT2D eigenvalue weighted by Crippen LogP contribution is -2.29. The molecule has 1 saturated carbocycles. The van der Waals surface area contributed by atoms with E-state index in [9.17, 15) is 5.11 Å². The van der Waals surface area contributed by atoms with E-state index in [4.69, 9.17) is 9.47 Å². The molecule has 1 atom stereocenters. The van der Waals surface area contributed by atoms with Gasteiger partial charge in [0.05, 0.1) is 19.8 Å². The van der Waals surface area contributed by atoms with Crippen molar-refractivity contribution in [3.05, 3.63) is 35.4 Å². The molecule has 1 unspecified atom stereocenters. The van der Waals surface area contributed by atoms with Crippen LogP contribution >= 0.6 is 0 Å². The van der Waals surface area contributed by atoms with Crippen molar-refractivity contribution in [1.29, 1.82) is 0 Å². The molecule has 0 bridgehead atoms. The zero-order valence-corrected chi connectivity index (χ0v) is 13.6. The minimum absolute atomic E-state index is 0.0727. The van der Waals surface area contributed by atoms with Crippen LogP contribution in [-0.4, -0.2) is 30.7 Å². The highest BCUT2D eigenvalue weighted by atomic mass is 16.7. The second kappa shape index (κ2) is 7.12. The van der Waals surface area contributed by atoms with Gasteiger partial charge in [0.15, 0.2) is 5.79 Å². The van der Waals surface area contributed by atoms with E-state index in [2.05, 4.69) is 24.3 Å². The van der Waals surface area contributed by atoms with Gasteiger partial charge in [0.2, 0.25) is 0 Å². The van der Waals surface area contributed by atoms with Gasteiger partial charge in [0.1, 0.15) is 0 Å². The van der Waals surface area contributed by atoms with Crippen LogP contribution < -0.4 is 0 Å². The van der Waals surface area contributed by atoms with E-state index < -0.39 is 5.79 Å². The van der Waals surface area contributed by atoms with Crippen LogP contribution in [0.1, 0.15) is 68.4 Å². The number of aliphatic hydroxyl groups is 1. The highest BCUT2D eigenvalue weighted by Crippen LogP contribution is 2.35.